The average molecular weight is 342 g/mol. The highest BCUT2D eigenvalue weighted by Crippen LogP contribution is 2.23. The number of aryl methyl sites for hydroxylation is 1. The summed E-state index contributed by atoms with van der Waals surface area (Å²) >= 11 is 0. The third-order valence-corrected chi connectivity index (χ3v) is 4.29. The number of carbonyl (C=O) groups excluding carboxylic acids is 1. The molecule has 1 aliphatic rings. The number of nitrogens with zero attached hydrogens (tertiary/aromatic N) is 7. The molecule has 0 atom stereocenters. The summed E-state index contributed by atoms with van der Waals surface area (Å²) in [5, 5.41) is 11.8. The molecule has 4 rings (SSSR count). The number of piperazine rings is 1. The van der Waals surface area contributed by atoms with Crippen LogP contribution in [0.1, 0.15) is 5.69 Å². The number of carbonyl (C=O) groups is 1. The van der Waals surface area contributed by atoms with Crippen LogP contribution in [0.5, 0.6) is 0 Å². The maximum atomic E-state index is 12.3. The Labute approximate surface area is 143 Å². The molecule has 1 saturated heterocycles. The number of rotatable bonds is 3. The van der Waals surface area contributed by atoms with Gasteiger partial charge in [-0.1, -0.05) is 5.16 Å². The van der Waals surface area contributed by atoms with Crippen LogP contribution in [0.3, 0.4) is 0 Å². The van der Waals surface area contributed by atoms with Crippen molar-refractivity contribution in [3.8, 4) is 0 Å². The van der Waals surface area contributed by atoms with E-state index in [9.17, 15) is 4.79 Å². The molecule has 1 fully saturated rings. The van der Waals surface area contributed by atoms with E-state index in [-0.39, 0.29) is 6.03 Å². The molecule has 0 bridgehead atoms. The summed E-state index contributed by atoms with van der Waals surface area (Å²) in [6.07, 6.45) is 4.82. The van der Waals surface area contributed by atoms with Gasteiger partial charge in [-0.25, -0.2) is 14.8 Å². The van der Waals surface area contributed by atoms with Crippen LogP contribution in [0.2, 0.25) is 0 Å². The van der Waals surface area contributed by atoms with E-state index in [1.807, 2.05) is 7.05 Å². The Morgan fingerprint density at radius 1 is 1.28 bits per heavy atom. The van der Waals surface area contributed by atoms with Gasteiger partial charge < -0.3 is 19.6 Å². The fourth-order valence-corrected chi connectivity index (χ4v) is 2.93. The van der Waals surface area contributed by atoms with Gasteiger partial charge in [0, 0.05) is 39.3 Å². The van der Waals surface area contributed by atoms with Crippen LogP contribution in [0, 0.1) is 0 Å². The van der Waals surface area contributed by atoms with Gasteiger partial charge >= 0.3 is 6.03 Å². The zero-order chi connectivity index (χ0) is 17.2. The van der Waals surface area contributed by atoms with Crippen molar-refractivity contribution >= 4 is 22.9 Å². The summed E-state index contributed by atoms with van der Waals surface area (Å²) in [6, 6.07) is 1.63. The first-order chi connectivity index (χ1) is 12.2. The second-order valence-electron chi connectivity index (χ2n) is 5.83. The summed E-state index contributed by atoms with van der Waals surface area (Å²) in [6.45, 7) is 3.02. The van der Waals surface area contributed by atoms with E-state index >= 15 is 0 Å². The van der Waals surface area contributed by atoms with Gasteiger partial charge in [-0.15, -0.1) is 0 Å². The molecule has 0 aliphatic carbocycles. The van der Waals surface area contributed by atoms with Gasteiger partial charge in [-0.05, 0) is 0 Å². The van der Waals surface area contributed by atoms with Crippen LogP contribution in [0.4, 0.5) is 10.6 Å². The van der Waals surface area contributed by atoms with Crippen molar-refractivity contribution in [1.82, 2.24) is 35.1 Å². The van der Waals surface area contributed by atoms with E-state index in [0.29, 0.717) is 38.4 Å². The fraction of sp³-hybridized carbons (Fsp3) is 0.400. The standard InChI is InChI=1S/C15H18N8O2/c1-21-13-12(9-19-21)14(18-10-17-13)22-3-5-23(6-4-22)15(24)16-8-11-2-7-25-20-11/h2,7,9-10H,3-6,8H2,1H3,(H,16,24). The Balaban J connectivity index is 1.38. The molecular formula is C15H18N8O2. The Morgan fingerprint density at radius 3 is 2.88 bits per heavy atom. The predicted molar refractivity (Wildman–Crippen MR) is 88.8 cm³/mol. The molecule has 0 unspecified atom stereocenters. The second-order valence-corrected chi connectivity index (χ2v) is 5.83. The van der Waals surface area contributed by atoms with Gasteiger partial charge in [0.25, 0.3) is 0 Å². The van der Waals surface area contributed by atoms with Gasteiger partial charge in [0.05, 0.1) is 18.1 Å². The molecule has 0 saturated carbocycles. The monoisotopic (exact) mass is 342 g/mol. The zero-order valence-corrected chi connectivity index (χ0v) is 13.8. The van der Waals surface area contributed by atoms with Gasteiger partial charge in [0.1, 0.15) is 24.1 Å². The lowest BCUT2D eigenvalue weighted by Gasteiger charge is -2.35. The van der Waals surface area contributed by atoms with E-state index < -0.39 is 0 Å². The number of hydrogen-bond donors (Lipinski definition) is 1. The molecule has 130 valence electrons. The molecule has 0 aromatic carbocycles. The van der Waals surface area contributed by atoms with E-state index in [4.69, 9.17) is 4.52 Å². The van der Waals surface area contributed by atoms with E-state index in [2.05, 4.69) is 30.4 Å². The first kappa shape index (κ1) is 15.4. The minimum Gasteiger partial charge on any atom is -0.364 e. The summed E-state index contributed by atoms with van der Waals surface area (Å²) in [5.74, 6) is 0.862. The molecule has 10 nitrogen and oxygen atoms in total. The molecule has 2 amide bonds. The zero-order valence-electron chi connectivity index (χ0n) is 13.8. The molecule has 4 heterocycles. The number of hydrogen-bond acceptors (Lipinski definition) is 7. The van der Waals surface area contributed by atoms with Crippen molar-refractivity contribution in [3.63, 3.8) is 0 Å². The van der Waals surface area contributed by atoms with Crippen LogP contribution < -0.4 is 10.2 Å². The molecule has 1 aliphatic heterocycles. The summed E-state index contributed by atoms with van der Waals surface area (Å²) in [7, 11) is 1.86. The number of aromatic nitrogens is 5. The molecule has 3 aromatic rings. The number of amides is 2. The van der Waals surface area contributed by atoms with Gasteiger partial charge in [0.15, 0.2) is 5.65 Å². The van der Waals surface area contributed by atoms with Crippen molar-refractivity contribution < 1.29 is 9.32 Å². The highest BCUT2D eigenvalue weighted by Gasteiger charge is 2.23. The van der Waals surface area contributed by atoms with Crippen LogP contribution in [-0.4, -0.2) is 62.0 Å². The van der Waals surface area contributed by atoms with Crippen molar-refractivity contribution in [3.05, 3.63) is 30.5 Å². The minimum absolute atomic E-state index is 0.100. The van der Waals surface area contributed by atoms with Crippen LogP contribution in [0.15, 0.2) is 29.4 Å². The second kappa shape index (κ2) is 6.38. The Morgan fingerprint density at radius 2 is 2.12 bits per heavy atom. The molecule has 10 heteroatoms. The lowest BCUT2D eigenvalue weighted by molar-refractivity contribution is 0.193. The van der Waals surface area contributed by atoms with Crippen LogP contribution >= 0.6 is 0 Å². The predicted octanol–water partition coefficient (Wildman–Crippen LogP) is 0.383. The van der Waals surface area contributed by atoms with Crippen molar-refractivity contribution in [2.45, 2.75) is 6.54 Å². The van der Waals surface area contributed by atoms with E-state index in [1.165, 1.54) is 6.26 Å². The molecule has 1 N–H and O–H groups in total. The summed E-state index contributed by atoms with van der Waals surface area (Å²) in [5.41, 5.74) is 1.50. The Bertz CT molecular complexity index is 867. The first-order valence-electron chi connectivity index (χ1n) is 8.02. The van der Waals surface area contributed by atoms with Crippen molar-refractivity contribution in [2.75, 3.05) is 31.1 Å². The summed E-state index contributed by atoms with van der Waals surface area (Å²) in [4.78, 5) is 24.9. The van der Waals surface area contributed by atoms with Gasteiger partial charge in [0.2, 0.25) is 0 Å². The maximum absolute atomic E-state index is 12.3. The number of nitrogens with one attached hydrogen (secondary N) is 1. The van der Waals surface area contributed by atoms with Crippen LogP contribution in [0.25, 0.3) is 11.0 Å². The smallest absolute Gasteiger partial charge is 0.317 e. The van der Waals surface area contributed by atoms with Crippen molar-refractivity contribution in [1.29, 1.82) is 0 Å². The van der Waals surface area contributed by atoms with Gasteiger partial charge in [-0.2, -0.15) is 5.10 Å². The summed E-state index contributed by atoms with van der Waals surface area (Å²) < 4.78 is 6.48. The minimum atomic E-state index is -0.100. The van der Waals surface area contributed by atoms with Gasteiger partial charge in [-0.3, -0.25) is 4.68 Å². The SMILES string of the molecule is Cn1ncc2c(N3CCN(C(=O)NCc4ccon4)CC3)ncnc21. The topological polar surface area (TPSA) is 105 Å². The number of fused-ring (bicyclic) bond motifs is 1. The largest absolute Gasteiger partial charge is 0.364 e. The normalized spacial score (nSPS) is 14.9. The third-order valence-electron chi connectivity index (χ3n) is 4.29. The molecule has 0 spiro atoms. The molecular weight excluding hydrogens is 324 g/mol. The number of anilines is 1. The lowest BCUT2D eigenvalue weighted by atomic mass is 10.3. The van der Waals surface area contributed by atoms with E-state index in [1.54, 1.807) is 28.2 Å². The average Bonchev–Trinajstić information content (AvgIpc) is 3.30. The highest BCUT2D eigenvalue weighted by atomic mass is 16.5. The maximum Gasteiger partial charge on any atom is 0.317 e. The van der Waals surface area contributed by atoms with E-state index in [0.717, 1.165) is 16.9 Å². The first-order valence-corrected chi connectivity index (χ1v) is 8.02. The number of urea groups is 1. The molecule has 3 aromatic heterocycles. The Kier molecular flexibility index (Phi) is 3.92. The fourth-order valence-electron chi connectivity index (χ4n) is 2.93. The van der Waals surface area contributed by atoms with Crippen LogP contribution in [-0.2, 0) is 13.6 Å². The van der Waals surface area contributed by atoms with Crippen molar-refractivity contribution in [2.24, 2.45) is 7.05 Å². The molecule has 0 radical (unpaired) electrons. The molecule has 25 heavy (non-hydrogen) atoms. The quantitative estimate of drug-likeness (QED) is 0.733. The Hall–Kier alpha value is -3.17. The lowest BCUT2D eigenvalue weighted by Crippen LogP contribution is -2.52. The third kappa shape index (κ3) is 2.97. The highest BCUT2D eigenvalue weighted by molar-refractivity contribution is 5.86.